The van der Waals surface area contributed by atoms with Gasteiger partial charge < -0.3 is 9.72 Å². The molecule has 0 fully saturated rings. The normalized spacial score (nSPS) is 10.9. The standard InChI is InChI=1S/C17H13BrClNO2/c1-2-22-17(21)16-15(10-6-4-3-5-7-10)11-8-13(19)12(18)9-14(11)20-16/h3-9,20H,2H2,1H3. The van der Waals surface area contributed by atoms with E-state index in [1.807, 2.05) is 42.5 Å². The van der Waals surface area contributed by atoms with Crippen molar-refractivity contribution in [3.63, 3.8) is 0 Å². The third kappa shape index (κ3) is 2.64. The lowest BCUT2D eigenvalue weighted by Crippen LogP contribution is -2.06. The predicted molar refractivity (Wildman–Crippen MR) is 92.4 cm³/mol. The second-order valence-electron chi connectivity index (χ2n) is 4.77. The van der Waals surface area contributed by atoms with Gasteiger partial charge in [-0.05, 0) is 40.5 Å². The van der Waals surface area contributed by atoms with Crippen LogP contribution in [0.15, 0.2) is 46.9 Å². The Labute approximate surface area is 141 Å². The molecule has 5 heteroatoms. The maximum atomic E-state index is 12.3. The van der Waals surface area contributed by atoms with Crippen molar-refractivity contribution in [1.82, 2.24) is 4.98 Å². The minimum atomic E-state index is -0.371. The van der Waals surface area contributed by atoms with Crippen molar-refractivity contribution in [3.8, 4) is 11.1 Å². The van der Waals surface area contributed by atoms with Gasteiger partial charge >= 0.3 is 5.97 Å². The van der Waals surface area contributed by atoms with Crippen LogP contribution < -0.4 is 0 Å². The number of hydrogen-bond donors (Lipinski definition) is 1. The summed E-state index contributed by atoms with van der Waals surface area (Å²) in [7, 11) is 0. The van der Waals surface area contributed by atoms with Gasteiger partial charge in [-0.25, -0.2) is 4.79 Å². The molecule has 0 aliphatic heterocycles. The highest BCUT2D eigenvalue weighted by molar-refractivity contribution is 9.10. The van der Waals surface area contributed by atoms with Crippen LogP contribution in [0.1, 0.15) is 17.4 Å². The molecule has 0 atom stereocenters. The molecule has 2 aromatic carbocycles. The van der Waals surface area contributed by atoms with Crippen molar-refractivity contribution in [2.45, 2.75) is 6.92 Å². The van der Waals surface area contributed by atoms with Gasteiger partial charge in [-0.2, -0.15) is 0 Å². The molecule has 0 bridgehead atoms. The Bertz CT molecular complexity index is 843. The van der Waals surface area contributed by atoms with E-state index in [-0.39, 0.29) is 5.97 Å². The van der Waals surface area contributed by atoms with Crippen LogP contribution in [0.2, 0.25) is 5.02 Å². The van der Waals surface area contributed by atoms with Crippen molar-refractivity contribution < 1.29 is 9.53 Å². The Kier molecular flexibility index (Phi) is 4.23. The third-order valence-electron chi connectivity index (χ3n) is 3.38. The summed E-state index contributed by atoms with van der Waals surface area (Å²) in [6.07, 6.45) is 0. The number of halogens is 2. The second kappa shape index (κ2) is 6.15. The lowest BCUT2D eigenvalue weighted by Gasteiger charge is -2.05. The zero-order chi connectivity index (χ0) is 15.7. The van der Waals surface area contributed by atoms with E-state index in [1.165, 1.54) is 0 Å². The van der Waals surface area contributed by atoms with Crippen LogP contribution in [0.3, 0.4) is 0 Å². The average Bonchev–Trinajstić information content (AvgIpc) is 2.87. The third-order valence-corrected chi connectivity index (χ3v) is 4.58. The summed E-state index contributed by atoms with van der Waals surface area (Å²) in [4.78, 5) is 15.4. The quantitative estimate of drug-likeness (QED) is 0.618. The van der Waals surface area contributed by atoms with Crippen molar-refractivity contribution in [2.24, 2.45) is 0 Å². The van der Waals surface area contributed by atoms with Gasteiger partial charge in [0, 0.05) is 20.9 Å². The van der Waals surface area contributed by atoms with Crippen molar-refractivity contribution in [1.29, 1.82) is 0 Å². The van der Waals surface area contributed by atoms with Crippen LogP contribution in [0, 0.1) is 0 Å². The number of ether oxygens (including phenoxy) is 1. The molecule has 0 radical (unpaired) electrons. The molecule has 1 aromatic heterocycles. The molecule has 3 nitrogen and oxygen atoms in total. The zero-order valence-electron chi connectivity index (χ0n) is 11.8. The first-order valence-electron chi connectivity index (χ1n) is 6.85. The van der Waals surface area contributed by atoms with Crippen LogP contribution in [0.5, 0.6) is 0 Å². The number of rotatable bonds is 3. The Balaban J connectivity index is 2.32. The van der Waals surface area contributed by atoms with E-state index in [0.717, 1.165) is 26.5 Å². The topological polar surface area (TPSA) is 42.1 Å². The molecular formula is C17H13BrClNO2. The first-order chi connectivity index (χ1) is 10.6. The van der Waals surface area contributed by atoms with Gasteiger partial charge in [0.2, 0.25) is 0 Å². The lowest BCUT2D eigenvalue weighted by molar-refractivity contribution is 0.0521. The number of nitrogens with one attached hydrogen (secondary N) is 1. The van der Waals surface area contributed by atoms with E-state index in [4.69, 9.17) is 16.3 Å². The number of benzene rings is 2. The van der Waals surface area contributed by atoms with Crippen LogP contribution in [0.25, 0.3) is 22.0 Å². The van der Waals surface area contributed by atoms with Gasteiger partial charge in [0.05, 0.1) is 11.6 Å². The molecule has 3 aromatic rings. The molecule has 112 valence electrons. The largest absolute Gasteiger partial charge is 0.461 e. The smallest absolute Gasteiger partial charge is 0.355 e. The number of fused-ring (bicyclic) bond motifs is 1. The fourth-order valence-electron chi connectivity index (χ4n) is 2.45. The van der Waals surface area contributed by atoms with E-state index in [9.17, 15) is 4.79 Å². The molecule has 0 aliphatic rings. The molecule has 3 rings (SSSR count). The number of carbonyl (C=O) groups excluding carboxylic acids is 1. The summed E-state index contributed by atoms with van der Waals surface area (Å²) < 4.78 is 5.94. The summed E-state index contributed by atoms with van der Waals surface area (Å²) in [5.74, 6) is -0.371. The zero-order valence-corrected chi connectivity index (χ0v) is 14.2. The fourth-order valence-corrected chi connectivity index (χ4v) is 2.96. The van der Waals surface area contributed by atoms with Crippen LogP contribution in [0.4, 0.5) is 0 Å². The lowest BCUT2D eigenvalue weighted by atomic mass is 10.0. The van der Waals surface area contributed by atoms with E-state index < -0.39 is 0 Å². The number of hydrogen-bond acceptors (Lipinski definition) is 2. The summed E-state index contributed by atoms with van der Waals surface area (Å²) >= 11 is 9.63. The fraction of sp³-hybridized carbons (Fsp3) is 0.118. The van der Waals surface area contributed by atoms with Crippen LogP contribution in [-0.4, -0.2) is 17.6 Å². The molecule has 22 heavy (non-hydrogen) atoms. The molecule has 1 heterocycles. The van der Waals surface area contributed by atoms with E-state index >= 15 is 0 Å². The Morgan fingerprint density at radius 1 is 1.27 bits per heavy atom. The first-order valence-corrected chi connectivity index (χ1v) is 8.02. The number of carbonyl (C=O) groups is 1. The SMILES string of the molecule is CCOC(=O)c1[nH]c2cc(Br)c(Cl)cc2c1-c1ccccc1. The van der Waals surface area contributed by atoms with E-state index in [2.05, 4.69) is 20.9 Å². The Hall–Kier alpha value is -1.78. The van der Waals surface area contributed by atoms with Gasteiger partial charge in [0.25, 0.3) is 0 Å². The molecule has 1 N–H and O–H groups in total. The molecule has 0 saturated heterocycles. The van der Waals surface area contributed by atoms with Gasteiger partial charge in [0.1, 0.15) is 5.69 Å². The van der Waals surface area contributed by atoms with Gasteiger partial charge in [-0.1, -0.05) is 41.9 Å². The molecule has 0 spiro atoms. The molecule has 0 amide bonds. The number of aromatic nitrogens is 1. The summed E-state index contributed by atoms with van der Waals surface area (Å²) in [6.45, 7) is 2.11. The average molecular weight is 379 g/mol. The summed E-state index contributed by atoms with van der Waals surface area (Å²) in [5.41, 5.74) is 3.02. The van der Waals surface area contributed by atoms with Crippen molar-refractivity contribution in [2.75, 3.05) is 6.61 Å². The van der Waals surface area contributed by atoms with Crippen LogP contribution >= 0.6 is 27.5 Å². The predicted octanol–water partition coefficient (Wildman–Crippen LogP) is 5.43. The number of aromatic amines is 1. The molecular weight excluding hydrogens is 366 g/mol. The first kappa shape index (κ1) is 15.1. The molecule has 0 saturated carbocycles. The second-order valence-corrected chi connectivity index (χ2v) is 6.03. The monoisotopic (exact) mass is 377 g/mol. The minimum absolute atomic E-state index is 0.326. The number of H-pyrrole nitrogens is 1. The highest BCUT2D eigenvalue weighted by atomic mass is 79.9. The summed E-state index contributed by atoms with van der Waals surface area (Å²) in [6, 6.07) is 13.4. The number of esters is 1. The maximum Gasteiger partial charge on any atom is 0.355 e. The van der Waals surface area contributed by atoms with Gasteiger partial charge in [-0.15, -0.1) is 0 Å². The Morgan fingerprint density at radius 3 is 2.68 bits per heavy atom. The summed E-state index contributed by atoms with van der Waals surface area (Å²) in [5, 5.41) is 1.49. The van der Waals surface area contributed by atoms with Gasteiger partial charge in [-0.3, -0.25) is 0 Å². The maximum absolute atomic E-state index is 12.3. The Morgan fingerprint density at radius 2 is 2.00 bits per heavy atom. The molecule has 0 unspecified atom stereocenters. The molecule has 0 aliphatic carbocycles. The minimum Gasteiger partial charge on any atom is -0.461 e. The van der Waals surface area contributed by atoms with Crippen molar-refractivity contribution >= 4 is 44.4 Å². The van der Waals surface area contributed by atoms with E-state index in [0.29, 0.717) is 17.3 Å². The van der Waals surface area contributed by atoms with Crippen LogP contribution in [-0.2, 0) is 4.74 Å². The van der Waals surface area contributed by atoms with Gasteiger partial charge in [0.15, 0.2) is 0 Å². The van der Waals surface area contributed by atoms with E-state index in [1.54, 1.807) is 6.92 Å². The highest BCUT2D eigenvalue weighted by Gasteiger charge is 2.21. The highest BCUT2D eigenvalue weighted by Crippen LogP contribution is 2.37. The van der Waals surface area contributed by atoms with Crippen molar-refractivity contribution in [3.05, 3.63) is 57.7 Å².